The van der Waals surface area contributed by atoms with Gasteiger partial charge in [-0.1, -0.05) is 32.0 Å². The number of carbonyl (C=O) groups excluding carboxylic acids is 3. The van der Waals surface area contributed by atoms with Gasteiger partial charge in [0.15, 0.2) is 5.78 Å². The molecule has 3 amide bonds. The van der Waals surface area contributed by atoms with Gasteiger partial charge >= 0.3 is 6.03 Å². The van der Waals surface area contributed by atoms with Crippen LogP contribution in [0.4, 0.5) is 4.79 Å². The highest BCUT2D eigenvalue weighted by atomic mass is 16.2. The maximum Gasteiger partial charge on any atom is 0.315 e. The van der Waals surface area contributed by atoms with Gasteiger partial charge in [0.05, 0.1) is 23.1 Å². The zero-order chi connectivity index (χ0) is 21.5. The molecular formula is C22H27N5O3. The van der Waals surface area contributed by atoms with Crippen molar-refractivity contribution >= 4 is 17.7 Å². The van der Waals surface area contributed by atoms with Gasteiger partial charge in [-0.15, -0.1) is 0 Å². The number of aromatic nitrogens is 2. The number of amides is 3. The van der Waals surface area contributed by atoms with E-state index in [1.165, 1.54) is 0 Å². The van der Waals surface area contributed by atoms with Gasteiger partial charge in [0.1, 0.15) is 0 Å². The van der Waals surface area contributed by atoms with Crippen molar-refractivity contribution in [2.45, 2.75) is 26.7 Å². The van der Waals surface area contributed by atoms with E-state index in [9.17, 15) is 14.4 Å². The monoisotopic (exact) mass is 409 g/mol. The third-order valence-corrected chi connectivity index (χ3v) is 4.69. The molecular weight excluding hydrogens is 382 g/mol. The Morgan fingerprint density at radius 2 is 1.90 bits per heavy atom. The van der Waals surface area contributed by atoms with Gasteiger partial charge in [-0.25, -0.2) is 9.48 Å². The second-order valence-corrected chi connectivity index (χ2v) is 7.65. The lowest BCUT2D eigenvalue weighted by molar-refractivity contribution is -0.121. The van der Waals surface area contributed by atoms with E-state index < -0.39 is 0 Å². The zero-order valence-corrected chi connectivity index (χ0v) is 17.3. The molecule has 0 fully saturated rings. The number of rotatable bonds is 8. The van der Waals surface area contributed by atoms with Gasteiger partial charge in [-0.3, -0.25) is 9.59 Å². The van der Waals surface area contributed by atoms with Crippen LogP contribution < -0.4 is 16.0 Å². The topological polar surface area (TPSA) is 105 Å². The number of carbonyl (C=O) groups is 3. The van der Waals surface area contributed by atoms with E-state index in [1.807, 2.05) is 44.2 Å². The molecule has 1 aromatic carbocycles. The van der Waals surface area contributed by atoms with Crippen molar-refractivity contribution in [3.63, 3.8) is 0 Å². The first-order valence-corrected chi connectivity index (χ1v) is 10.1. The molecule has 30 heavy (non-hydrogen) atoms. The smallest absolute Gasteiger partial charge is 0.315 e. The standard InChI is InChI=1S/C22H27N5O3/c1-15(2)12-24-21(29)8-9-23-22(30)25-13-16-10-19-18(20(28)11-16)14-26-27(19)17-6-4-3-5-7-17/h3-7,11,14-15H,8-10,12-13H2,1-2H3,(H,24,29)(H2,23,25,30). The number of nitrogens with zero attached hydrogens (tertiary/aromatic N) is 2. The molecule has 1 aliphatic carbocycles. The van der Waals surface area contributed by atoms with Crippen LogP contribution in [-0.2, 0) is 11.2 Å². The van der Waals surface area contributed by atoms with Crippen molar-refractivity contribution in [1.82, 2.24) is 25.7 Å². The lowest BCUT2D eigenvalue weighted by Crippen LogP contribution is -2.39. The predicted molar refractivity (Wildman–Crippen MR) is 114 cm³/mol. The highest BCUT2D eigenvalue weighted by Crippen LogP contribution is 2.23. The van der Waals surface area contributed by atoms with Gasteiger partial charge in [-0.2, -0.15) is 5.10 Å². The molecule has 8 heteroatoms. The van der Waals surface area contributed by atoms with E-state index in [4.69, 9.17) is 0 Å². The van der Waals surface area contributed by atoms with Crippen molar-refractivity contribution in [3.8, 4) is 5.69 Å². The van der Waals surface area contributed by atoms with Crippen molar-refractivity contribution < 1.29 is 14.4 Å². The van der Waals surface area contributed by atoms with Gasteiger partial charge in [0.25, 0.3) is 0 Å². The van der Waals surface area contributed by atoms with Gasteiger partial charge in [0.2, 0.25) is 5.91 Å². The summed E-state index contributed by atoms with van der Waals surface area (Å²) in [6.07, 6.45) is 3.89. The molecule has 2 aromatic rings. The van der Waals surface area contributed by atoms with E-state index in [2.05, 4.69) is 21.0 Å². The van der Waals surface area contributed by atoms with Crippen molar-refractivity contribution in [3.05, 3.63) is 59.4 Å². The third-order valence-electron chi connectivity index (χ3n) is 4.69. The van der Waals surface area contributed by atoms with Crippen molar-refractivity contribution in [2.75, 3.05) is 19.6 Å². The van der Waals surface area contributed by atoms with E-state index in [0.717, 1.165) is 17.0 Å². The fourth-order valence-electron chi connectivity index (χ4n) is 3.14. The Balaban J connectivity index is 1.49. The minimum Gasteiger partial charge on any atom is -0.356 e. The molecule has 3 rings (SSSR count). The van der Waals surface area contributed by atoms with Crippen LogP contribution in [0.15, 0.2) is 48.2 Å². The fourth-order valence-corrected chi connectivity index (χ4v) is 3.14. The number of allylic oxidation sites excluding steroid dienone is 1. The fraction of sp³-hybridized carbons (Fsp3) is 0.364. The average Bonchev–Trinajstić information content (AvgIpc) is 3.16. The molecule has 8 nitrogen and oxygen atoms in total. The molecule has 1 aliphatic rings. The van der Waals surface area contributed by atoms with E-state index in [1.54, 1.807) is 17.0 Å². The third kappa shape index (κ3) is 5.56. The molecule has 0 bridgehead atoms. The normalized spacial score (nSPS) is 12.9. The first-order valence-electron chi connectivity index (χ1n) is 10.1. The summed E-state index contributed by atoms with van der Waals surface area (Å²) in [6, 6.07) is 9.24. The number of urea groups is 1. The van der Waals surface area contributed by atoms with Crippen molar-refractivity contribution in [1.29, 1.82) is 0 Å². The number of hydrogen-bond donors (Lipinski definition) is 3. The van der Waals surface area contributed by atoms with Crippen LogP contribution in [0.2, 0.25) is 0 Å². The Hall–Kier alpha value is -3.42. The van der Waals surface area contributed by atoms with Crippen LogP contribution in [0.1, 0.15) is 36.3 Å². The van der Waals surface area contributed by atoms with Crippen LogP contribution in [0.25, 0.3) is 5.69 Å². The van der Waals surface area contributed by atoms with Crippen molar-refractivity contribution in [2.24, 2.45) is 5.92 Å². The molecule has 0 radical (unpaired) electrons. The lowest BCUT2D eigenvalue weighted by Gasteiger charge is -2.16. The Bertz CT molecular complexity index is 947. The van der Waals surface area contributed by atoms with E-state index in [0.29, 0.717) is 24.4 Å². The minimum atomic E-state index is -0.373. The summed E-state index contributed by atoms with van der Waals surface area (Å²) in [7, 11) is 0. The van der Waals surface area contributed by atoms with Crippen LogP contribution >= 0.6 is 0 Å². The quantitative estimate of drug-likeness (QED) is 0.620. The van der Waals surface area contributed by atoms with Gasteiger partial charge in [-0.05, 0) is 29.7 Å². The maximum absolute atomic E-state index is 12.4. The lowest BCUT2D eigenvalue weighted by atomic mass is 9.96. The second kappa shape index (κ2) is 9.87. The van der Waals surface area contributed by atoms with Crippen LogP contribution in [0.5, 0.6) is 0 Å². The number of para-hydroxylation sites is 1. The minimum absolute atomic E-state index is 0.0914. The second-order valence-electron chi connectivity index (χ2n) is 7.65. The summed E-state index contributed by atoms with van der Waals surface area (Å²) in [5, 5.41) is 12.6. The Morgan fingerprint density at radius 1 is 1.13 bits per heavy atom. The molecule has 0 saturated heterocycles. The number of nitrogens with one attached hydrogen (secondary N) is 3. The molecule has 0 unspecified atom stereocenters. The summed E-state index contributed by atoms with van der Waals surface area (Å²) in [5.41, 5.74) is 3.08. The van der Waals surface area contributed by atoms with E-state index in [-0.39, 0.29) is 37.2 Å². The average molecular weight is 409 g/mol. The highest BCUT2D eigenvalue weighted by molar-refractivity contribution is 6.07. The first kappa shape index (κ1) is 21.3. The SMILES string of the molecule is CC(C)CNC(=O)CCNC(=O)NCC1=CC(=O)c2cnn(-c3ccccc3)c2C1. The zero-order valence-electron chi connectivity index (χ0n) is 17.3. The first-order chi connectivity index (χ1) is 14.4. The number of hydrogen-bond acceptors (Lipinski definition) is 4. The molecule has 3 N–H and O–H groups in total. The van der Waals surface area contributed by atoms with Gasteiger partial charge < -0.3 is 16.0 Å². The molecule has 1 heterocycles. The van der Waals surface area contributed by atoms with Crippen LogP contribution in [-0.4, -0.2) is 47.1 Å². The maximum atomic E-state index is 12.4. The van der Waals surface area contributed by atoms with Crippen LogP contribution in [0, 0.1) is 5.92 Å². The largest absolute Gasteiger partial charge is 0.356 e. The Labute approximate surface area is 175 Å². The Kier molecular flexibility index (Phi) is 7.00. The molecule has 0 aliphatic heterocycles. The number of fused-ring (bicyclic) bond motifs is 1. The Morgan fingerprint density at radius 3 is 2.63 bits per heavy atom. The predicted octanol–water partition coefficient (Wildman–Crippen LogP) is 2.00. The number of benzene rings is 1. The summed E-state index contributed by atoms with van der Waals surface area (Å²) in [4.78, 5) is 36.1. The molecule has 158 valence electrons. The molecule has 1 aromatic heterocycles. The van der Waals surface area contributed by atoms with Gasteiger partial charge in [0, 0.05) is 32.5 Å². The molecule has 0 spiro atoms. The van der Waals surface area contributed by atoms with Crippen LogP contribution in [0.3, 0.4) is 0 Å². The summed E-state index contributed by atoms with van der Waals surface area (Å²) < 4.78 is 1.76. The van der Waals surface area contributed by atoms with E-state index >= 15 is 0 Å². The summed E-state index contributed by atoms with van der Waals surface area (Å²) in [5.74, 6) is 0.180. The molecule has 0 saturated carbocycles. The summed E-state index contributed by atoms with van der Waals surface area (Å²) in [6.45, 7) is 5.16. The number of ketones is 1. The highest BCUT2D eigenvalue weighted by Gasteiger charge is 2.23. The summed E-state index contributed by atoms with van der Waals surface area (Å²) >= 11 is 0. The molecule has 0 atom stereocenters.